The van der Waals surface area contributed by atoms with E-state index in [9.17, 15) is 4.79 Å². The van der Waals surface area contributed by atoms with Gasteiger partial charge in [0.2, 0.25) is 5.91 Å². The Labute approximate surface area is 142 Å². The second-order valence-corrected chi connectivity index (χ2v) is 6.07. The molecule has 1 amide bonds. The number of amides is 1. The number of carbonyl (C=O) groups is 1. The summed E-state index contributed by atoms with van der Waals surface area (Å²) in [6, 6.07) is 16.2. The van der Waals surface area contributed by atoms with Crippen molar-refractivity contribution in [1.29, 1.82) is 0 Å². The molecule has 0 radical (unpaired) electrons. The van der Waals surface area contributed by atoms with Crippen LogP contribution in [-0.4, -0.2) is 10.9 Å². The van der Waals surface area contributed by atoms with Crippen LogP contribution in [0.25, 0.3) is 22.0 Å². The number of pyridine rings is 1. The van der Waals surface area contributed by atoms with E-state index in [1.165, 1.54) is 11.6 Å². The Morgan fingerprint density at radius 3 is 2.58 bits per heavy atom. The van der Waals surface area contributed by atoms with Crippen LogP contribution in [-0.2, 0) is 4.79 Å². The first-order valence-corrected chi connectivity index (χ1v) is 8.01. The van der Waals surface area contributed by atoms with Crippen LogP contribution < -0.4 is 5.32 Å². The summed E-state index contributed by atoms with van der Waals surface area (Å²) in [6.07, 6.45) is 3.11. The van der Waals surface area contributed by atoms with E-state index in [-0.39, 0.29) is 5.91 Å². The molecule has 3 rings (SSSR count). The van der Waals surface area contributed by atoms with Crippen molar-refractivity contribution in [2.75, 3.05) is 5.32 Å². The smallest absolute Gasteiger partial charge is 0.247 e. The summed E-state index contributed by atoms with van der Waals surface area (Å²) in [6.45, 7) is 7.86. The van der Waals surface area contributed by atoms with Gasteiger partial charge in [0, 0.05) is 28.2 Å². The fourth-order valence-electron chi connectivity index (χ4n) is 2.66. The molecule has 2 aromatic carbocycles. The Hall–Kier alpha value is -2.94. The van der Waals surface area contributed by atoms with Crippen molar-refractivity contribution in [1.82, 2.24) is 4.98 Å². The summed E-state index contributed by atoms with van der Waals surface area (Å²) in [5.41, 5.74) is 4.02. The lowest BCUT2D eigenvalue weighted by Crippen LogP contribution is -2.07. The van der Waals surface area contributed by atoms with Gasteiger partial charge in [-0.1, -0.05) is 56.8 Å². The van der Waals surface area contributed by atoms with Gasteiger partial charge in [0.25, 0.3) is 0 Å². The van der Waals surface area contributed by atoms with Gasteiger partial charge >= 0.3 is 0 Å². The maximum Gasteiger partial charge on any atom is 0.247 e. The van der Waals surface area contributed by atoms with E-state index in [2.05, 4.69) is 55.0 Å². The first kappa shape index (κ1) is 15.9. The van der Waals surface area contributed by atoms with Crippen molar-refractivity contribution in [3.63, 3.8) is 0 Å². The quantitative estimate of drug-likeness (QED) is 0.676. The third-order valence-electron chi connectivity index (χ3n) is 4.08. The molecule has 1 aromatic heterocycles. The van der Waals surface area contributed by atoms with Crippen LogP contribution in [0.5, 0.6) is 0 Å². The monoisotopic (exact) mass is 316 g/mol. The van der Waals surface area contributed by atoms with Gasteiger partial charge in [-0.05, 0) is 29.7 Å². The second kappa shape index (κ2) is 6.67. The molecule has 0 spiro atoms. The average molecular weight is 316 g/mol. The van der Waals surface area contributed by atoms with E-state index in [0.29, 0.717) is 5.92 Å². The Bertz CT molecular complexity index is 895. The number of fused-ring (bicyclic) bond motifs is 1. The van der Waals surface area contributed by atoms with Crippen molar-refractivity contribution in [3.8, 4) is 11.3 Å². The van der Waals surface area contributed by atoms with Gasteiger partial charge < -0.3 is 5.32 Å². The van der Waals surface area contributed by atoms with Gasteiger partial charge in [0.1, 0.15) is 0 Å². The number of aromatic nitrogens is 1. The molecule has 3 heteroatoms. The van der Waals surface area contributed by atoms with Crippen molar-refractivity contribution >= 4 is 22.4 Å². The lowest BCUT2D eigenvalue weighted by Gasteiger charge is -2.10. The second-order valence-electron chi connectivity index (χ2n) is 6.07. The number of hydrogen-bond acceptors (Lipinski definition) is 2. The zero-order valence-electron chi connectivity index (χ0n) is 13.9. The minimum atomic E-state index is -0.220. The van der Waals surface area contributed by atoms with Crippen LogP contribution in [0.15, 0.2) is 67.4 Å². The van der Waals surface area contributed by atoms with Crippen LogP contribution in [0.3, 0.4) is 0 Å². The lowest BCUT2D eigenvalue weighted by molar-refractivity contribution is -0.111. The molecule has 0 aliphatic heterocycles. The molecule has 0 fully saturated rings. The van der Waals surface area contributed by atoms with Crippen molar-refractivity contribution in [2.45, 2.75) is 19.8 Å². The minimum Gasteiger partial charge on any atom is -0.322 e. The molecule has 1 N–H and O–H groups in total. The number of hydrogen-bond donors (Lipinski definition) is 1. The molecule has 24 heavy (non-hydrogen) atoms. The van der Waals surface area contributed by atoms with Gasteiger partial charge in [-0.15, -0.1) is 0 Å². The Kier molecular flexibility index (Phi) is 4.43. The minimum absolute atomic E-state index is 0.220. The predicted octanol–water partition coefficient (Wildman–Crippen LogP) is 5.15. The molecule has 0 saturated carbocycles. The molecular weight excluding hydrogens is 296 g/mol. The first-order chi connectivity index (χ1) is 11.6. The molecule has 0 bridgehead atoms. The number of benzene rings is 2. The molecule has 0 saturated heterocycles. The summed E-state index contributed by atoms with van der Waals surface area (Å²) >= 11 is 0. The maximum absolute atomic E-state index is 11.6. The molecule has 0 aliphatic rings. The number of nitrogens with one attached hydrogen (secondary N) is 1. The SMILES string of the molecule is C=CC(=O)Nc1cccc2cnc(-c3ccc(C(C)C)cc3)cc12. The van der Waals surface area contributed by atoms with Crippen LogP contribution in [0.1, 0.15) is 25.3 Å². The molecule has 0 aliphatic carbocycles. The molecule has 3 aromatic rings. The van der Waals surface area contributed by atoms with Crippen LogP contribution >= 0.6 is 0 Å². The lowest BCUT2D eigenvalue weighted by atomic mass is 10.00. The number of anilines is 1. The highest BCUT2D eigenvalue weighted by Gasteiger charge is 2.07. The fraction of sp³-hybridized carbons (Fsp3) is 0.143. The van der Waals surface area contributed by atoms with Crippen LogP contribution in [0, 0.1) is 0 Å². The number of carbonyl (C=O) groups excluding carboxylic acids is 1. The Balaban J connectivity index is 2.05. The zero-order valence-corrected chi connectivity index (χ0v) is 13.9. The molecule has 120 valence electrons. The van der Waals surface area contributed by atoms with Gasteiger partial charge in [-0.25, -0.2) is 0 Å². The Morgan fingerprint density at radius 2 is 1.92 bits per heavy atom. The summed E-state index contributed by atoms with van der Waals surface area (Å²) < 4.78 is 0. The number of nitrogens with zero attached hydrogens (tertiary/aromatic N) is 1. The van der Waals surface area contributed by atoms with Gasteiger partial charge in [-0.3, -0.25) is 9.78 Å². The van der Waals surface area contributed by atoms with Crippen molar-refractivity contribution < 1.29 is 4.79 Å². The standard InChI is InChI=1S/C21H20N2O/c1-4-21(24)23-19-7-5-6-17-13-22-20(12-18(17)19)16-10-8-15(9-11-16)14(2)3/h4-14H,1H2,2-3H3,(H,23,24). The highest BCUT2D eigenvalue weighted by Crippen LogP contribution is 2.28. The molecule has 3 nitrogen and oxygen atoms in total. The molecular formula is C21H20N2O. The summed E-state index contributed by atoms with van der Waals surface area (Å²) in [4.78, 5) is 16.2. The Morgan fingerprint density at radius 1 is 1.17 bits per heavy atom. The van der Waals surface area contributed by atoms with E-state index in [1.807, 2.05) is 30.5 Å². The normalized spacial score (nSPS) is 10.8. The largest absolute Gasteiger partial charge is 0.322 e. The van der Waals surface area contributed by atoms with Gasteiger partial charge in [0.05, 0.1) is 5.69 Å². The van der Waals surface area contributed by atoms with E-state index in [0.717, 1.165) is 27.7 Å². The van der Waals surface area contributed by atoms with Gasteiger partial charge in [-0.2, -0.15) is 0 Å². The molecule has 0 atom stereocenters. The first-order valence-electron chi connectivity index (χ1n) is 8.01. The summed E-state index contributed by atoms with van der Waals surface area (Å²) in [7, 11) is 0. The van der Waals surface area contributed by atoms with Crippen LogP contribution in [0.2, 0.25) is 0 Å². The van der Waals surface area contributed by atoms with E-state index in [1.54, 1.807) is 0 Å². The van der Waals surface area contributed by atoms with E-state index in [4.69, 9.17) is 0 Å². The van der Waals surface area contributed by atoms with Crippen LogP contribution in [0.4, 0.5) is 5.69 Å². The van der Waals surface area contributed by atoms with E-state index < -0.39 is 0 Å². The summed E-state index contributed by atoms with van der Waals surface area (Å²) in [5.74, 6) is 0.284. The summed E-state index contributed by atoms with van der Waals surface area (Å²) in [5, 5.41) is 4.80. The zero-order chi connectivity index (χ0) is 17.1. The third-order valence-corrected chi connectivity index (χ3v) is 4.08. The van der Waals surface area contributed by atoms with Crippen molar-refractivity contribution in [2.24, 2.45) is 0 Å². The number of rotatable bonds is 4. The molecule has 1 heterocycles. The average Bonchev–Trinajstić information content (AvgIpc) is 2.61. The topological polar surface area (TPSA) is 42.0 Å². The highest BCUT2D eigenvalue weighted by atomic mass is 16.1. The third kappa shape index (κ3) is 3.20. The highest BCUT2D eigenvalue weighted by molar-refractivity contribution is 6.06. The predicted molar refractivity (Wildman–Crippen MR) is 100 cm³/mol. The fourth-order valence-corrected chi connectivity index (χ4v) is 2.66. The van der Waals surface area contributed by atoms with E-state index >= 15 is 0 Å². The van der Waals surface area contributed by atoms with Crippen molar-refractivity contribution in [3.05, 3.63) is 72.9 Å². The molecule has 0 unspecified atom stereocenters. The van der Waals surface area contributed by atoms with Gasteiger partial charge in [0.15, 0.2) is 0 Å². The maximum atomic E-state index is 11.6.